The Kier molecular flexibility index (Phi) is 4.52. The summed E-state index contributed by atoms with van der Waals surface area (Å²) in [6, 6.07) is 7.52. The Morgan fingerprint density at radius 2 is 1.68 bits per heavy atom. The number of carbonyl (C=O) groups is 2. The van der Waals surface area contributed by atoms with Crippen molar-refractivity contribution in [3.05, 3.63) is 34.9 Å². The third kappa shape index (κ3) is 3.24. The number of carboxylic acid groups (broad SMARTS) is 1. The number of piperidine rings is 1. The zero-order valence-electron chi connectivity index (χ0n) is 19.2. The van der Waals surface area contributed by atoms with E-state index in [4.69, 9.17) is 16.6 Å². The molecule has 4 bridgehead atoms. The second kappa shape index (κ2) is 7.33. The third-order valence-corrected chi connectivity index (χ3v) is 9.94. The summed E-state index contributed by atoms with van der Waals surface area (Å²) in [6.45, 7) is 2.20. The molecule has 5 aliphatic carbocycles. The summed E-state index contributed by atoms with van der Waals surface area (Å²) in [4.78, 5) is 31.6. The molecule has 1 unspecified atom stereocenters. The molecule has 1 aromatic heterocycles. The van der Waals surface area contributed by atoms with Crippen LogP contribution < -0.4 is 10.2 Å². The molecule has 6 fully saturated rings. The lowest BCUT2D eigenvalue weighted by Crippen LogP contribution is -2.51. The van der Waals surface area contributed by atoms with Crippen LogP contribution >= 0.6 is 11.6 Å². The zero-order valence-corrected chi connectivity index (χ0v) is 19.9. The molecule has 7 heteroatoms. The number of anilines is 1. The van der Waals surface area contributed by atoms with Gasteiger partial charge in [-0.2, -0.15) is 0 Å². The molecule has 2 heterocycles. The molecule has 1 saturated heterocycles. The number of benzene rings is 1. The van der Waals surface area contributed by atoms with E-state index in [1.165, 1.54) is 38.5 Å². The van der Waals surface area contributed by atoms with Crippen molar-refractivity contribution < 1.29 is 14.7 Å². The first-order chi connectivity index (χ1) is 16.4. The Labute approximate surface area is 204 Å². The molecule has 1 aliphatic heterocycles. The van der Waals surface area contributed by atoms with Crippen molar-refractivity contribution >= 4 is 40.2 Å². The van der Waals surface area contributed by atoms with Crippen LogP contribution in [0.3, 0.4) is 0 Å². The van der Waals surface area contributed by atoms with Crippen LogP contribution in [-0.2, 0) is 4.79 Å². The molecule has 8 rings (SSSR count). The Hall–Kier alpha value is -2.34. The standard InChI is InChI=1S/C27H30ClN3O3/c28-20-2-3-21-17(1-4-22(30-21)31-11-18-19(12-31)23(18)26(33)34)24(20)25(32)29-13-27-8-14-5-15(9-27)7-16(6-14)10-27/h1-4,14-16,18-19,23H,5-13H2,(H,29,32)(H,33,34)/t14?,15?,16?,18-,19+,23?,27?. The van der Waals surface area contributed by atoms with Crippen molar-refractivity contribution in [1.82, 2.24) is 10.3 Å². The van der Waals surface area contributed by atoms with E-state index in [-0.39, 0.29) is 29.1 Å². The van der Waals surface area contributed by atoms with Crippen LogP contribution in [0, 0.1) is 40.9 Å². The summed E-state index contributed by atoms with van der Waals surface area (Å²) < 4.78 is 0. The number of halogens is 1. The quantitative estimate of drug-likeness (QED) is 0.654. The first-order valence-corrected chi connectivity index (χ1v) is 13.1. The molecule has 1 amide bonds. The summed E-state index contributed by atoms with van der Waals surface area (Å²) in [5.74, 6) is 2.88. The van der Waals surface area contributed by atoms with Gasteiger partial charge in [0.25, 0.3) is 5.91 Å². The van der Waals surface area contributed by atoms with E-state index in [0.717, 1.165) is 54.1 Å². The Morgan fingerprint density at radius 1 is 1.03 bits per heavy atom. The minimum Gasteiger partial charge on any atom is -0.481 e. The average Bonchev–Trinajstić information content (AvgIpc) is 3.31. The molecular weight excluding hydrogens is 450 g/mol. The highest BCUT2D eigenvalue weighted by Crippen LogP contribution is 2.59. The van der Waals surface area contributed by atoms with Gasteiger partial charge in [-0.25, -0.2) is 4.98 Å². The van der Waals surface area contributed by atoms with Gasteiger partial charge in [0.05, 0.1) is 22.0 Å². The number of hydrogen-bond donors (Lipinski definition) is 2. The predicted molar refractivity (Wildman–Crippen MR) is 130 cm³/mol. The summed E-state index contributed by atoms with van der Waals surface area (Å²) in [6.07, 6.45) is 7.96. The first-order valence-electron chi connectivity index (χ1n) is 12.7. The van der Waals surface area contributed by atoms with Gasteiger partial charge >= 0.3 is 5.97 Å². The molecule has 5 saturated carbocycles. The van der Waals surface area contributed by atoms with Gasteiger partial charge in [0.15, 0.2) is 0 Å². The molecule has 0 radical (unpaired) electrons. The molecular formula is C27H30ClN3O3. The van der Waals surface area contributed by atoms with Crippen LogP contribution in [0.5, 0.6) is 0 Å². The van der Waals surface area contributed by atoms with E-state index >= 15 is 0 Å². The maximum atomic E-state index is 13.4. The van der Waals surface area contributed by atoms with Gasteiger partial charge in [0.1, 0.15) is 5.82 Å². The lowest BCUT2D eigenvalue weighted by atomic mass is 9.49. The normalized spacial score (nSPS) is 37.1. The van der Waals surface area contributed by atoms with E-state index in [0.29, 0.717) is 10.6 Å². The van der Waals surface area contributed by atoms with E-state index in [2.05, 4.69) is 10.2 Å². The Balaban J connectivity index is 1.10. The minimum atomic E-state index is -0.681. The SMILES string of the molecule is O=C(NCC12CC3CC(CC(C3)C1)C2)c1c(Cl)ccc2nc(N3C[C@@H]4C(C(=O)O)[C@@H]4C3)ccc12. The minimum absolute atomic E-state index is 0.104. The van der Waals surface area contributed by atoms with Crippen molar-refractivity contribution in [1.29, 1.82) is 0 Å². The van der Waals surface area contributed by atoms with Crippen LogP contribution in [0.15, 0.2) is 24.3 Å². The first kappa shape index (κ1) is 21.0. The van der Waals surface area contributed by atoms with Gasteiger partial charge in [-0.05, 0) is 97.8 Å². The summed E-state index contributed by atoms with van der Waals surface area (Å²) in [5, 5.41) is 13.8. The second-order valence-corrected chi connectivity index (χ2v) is 12.3. The molecule has 1 aromatic carbocycles. The van der Waals surface area contributed by atoms with Crippen LogP contribution in [0.2, 0.25) is 5.02 Å². The monoisotopic (exact) mass is 479 g/mol. The number of hydrogen-bond acceptors (Lipinski definition) is 4. The third-order valence-electron chi connectivity index (χ3n) is 9.62. The lowest BCUT2D eigenvalue weighted by molar-refractivity contribution is -0.139. The fourth-order valence-corrected chi connectivity index (χ4v) is 8.77. The van der Waals surface area contributed by atoms with Crippen LogP contribution in [0.4, 0.5) is 5.82 Å². The summed E-state index contributed by atoms with van der Waals surface area (Å²) in [7, 11) is 0. The highest BCUT2D eigenvalue weighted by molar-refractivity contribution is 6.35. The van der Waals surface area contributed by atoms with Crippen molar-refractivity contribution in [3.63, 3.8) is 0 Å². The molecule has 2 N–H and O–H groups in total. The van der Waals surface area contributed by atoms with Crippen molar-refractivity contribution in [2.24, 2.45) is 40.9 Å². The highest BCUT2D eigenvalue weighted by atomic mass is 35.5. The Morgan fingerprint density at radius 3 is 2.29 bits per heavy atom. The molecule has 34 heavy (non-hydrogen) atoms. The van der Waals surface area contributed by atoms with Gasteiger partial charge in [0.2, 0.25) is 0 Å². The second-order valence-electron chi connectivity index (χ2n) is 11.9. The van der Waals surface area contributed by atoms with Crippen molar-refractivity contribution in [3.8, 4) is 0 Å². The maximum Gasteiger partial charge on any atom is 0.307 e. The van der Waals surface area contributed by atoms with E-state index in [1.54, 1.807) is 6.07 Å². The van der Waals surface area contributed by atoms with Crippen LogP contribution in [0.25, 0.3) is 10.9 Å². The zero-order chi connectivity index (χ0) is 23.2. The molecule has 0 spiro atoms. The number of rotatable bonds is 5. The van der Waals surface area contributed by atoms with Gasteiger partial charge in [0, 0.05) is 25.0 Å². The number of fused-ring (bicyclic) bond motifs is 2. The average molecular weight is 480 g/mol. The smallest absolute Gasteiger partial charge is 0.307 e. The number of amides is 1. The largest absolute Gasteiger partial charge is 0.481 e. The summed E-state index contributed by atoms with van der Waals surface area (Å²) in [5.41, 5.74) is 1.53. The molecule has 6 nitrogen and oxygen atoms in total. The Bertz CT molecular complexity index is 1170. The van der Waals surface area contributed by atoms with Crippen molar-refractivity contribution in [2.75, 3.05) is 24.5 Å². The number of nitrogens with zero attached hydrogens (tertiary/aromatic N) is 2. The number of pyridine rings is 1. The van der Waals surface area contributed by atoms with Gasteiger partial charge in [-0.3, -0.25) is 9.59 Å². The van der Waals surface area contributed by atoms with E-state index in [1.807, 2.05) is 18.2 Å². The molecule has 6 aliphatic rings. The fourth-order valence-electron chi connectivity index (χ4n) is 8.52. The maximum absolute atomic E-state index is 13.4. The van der Waals surface area contributed by atoms with Crippen molar-refractivity contribution in [2.45, 2.75) is 38.5 Å². The fraction of sp³-hybridized carbons (Fsp3) is 0.593. The highest BCUT2D eigenvalue weighted by Gasteiger charge is 2.60. The lowest BCUT2D eigenvalue weighted by Gasteiger charge is -2.56. The number of aliphatic carboxylic acids is 1. The summed E-state index contributed by atoms with van der Waals surface area (Å²) >= 11 is 6.54. The van der Waals surface area contributed by atoms with E-state index in [9.17, 15) is 14.7 Å². The molecule has 3 atom stereocenters. The molecule has 178 valence electrons. The van der Waals surface area contributed by atoms with Crippen LogP contribution in [-0.4, -0.2) is 41.6 Å². The van der Waals surface area contributed by atoms with Gasteiger partial charge in [-0.15, -0.1) is 0 Å². The number of carboxylic acids is 1. The van der Waals surface area contributed by atoms with Crippen LogP contribution in [0.1, 0.15) is 48.9 Å². The number of aromatic nitrogens is 1. The number of carbonyl (C=O) groups excluding carboxylic acids is 1. The predicted octanol–water partition coefficient (Wildman–Crippen LogP) is 4.60. The van der Waals surface area contributed by atoms with Gasteiger partial charge < -0.3 is 15.3 Å². The van der Waals surface area contributed by atoms with Gasteiger partial charge in [-0.1, -0.05) is 11.6 Å². The molecule has 2 aromatic rings. The topological polar surface area (TPSA) is 82.5 Å². The number of nitrogens with one attached hydrogen (secondary N) is 1. The van der Waals surface area contributed by atoms with E-state index < -0.39 is 5.97 Å².